The Hall–Kier alpha value is -2.03. The van der Waals surface area contributed by atoms with E-state index in [2.05, 4.69) is 20.0 Å². The number of halogens is 1. The molecule has 0 saturated carbocycles. The summed E-state index contributed by atoms with van der Waals surface area (Å²) in [6.45, 7) is 1.60. The van der Waals surface area contributed by atoms with Crippen molar-refractivity contribution in [3.05, 3.63) is 35.9 Å². The quantitative estimate of drug-likeness (QED) is 0.632. The van der Waals surface area contributed by atoms with Crippen LogP contribution in [-0.2, 0) is 11.3 Å². The molecule has 2 aromatic heterocycles. The monoisotopic (exact) mass is 378 g/mol. The van der Waals surface area contributed by atoms with Crippen LogP contribution in [0, 0.1) is 0 Å². The summed E-state index contributed by atoms with van der Waals surface area (Å²) in [5.74, 6) is -0.0700. The Morgan fingerprint density at radius 3 is 2.84 bits per heavy atom. The van der Waals surface area contributed by atoms with Crippen molar-refractivity contribution in [3.63, 3.8) is 0 Å². The number of hydrogen-bond acceptors (Lipinski definition) is 6. The summed E-state index contributed by atoms with van der Waals surface area (Å²) in [6.07, 6.45) is 3.80. The fourth-order valence-electron chi connectivity index (χ4n) is 2.43. The summed E-state index contributed by atoms with van der Waals surface area (Å²) in [6, 6.07) is 5.66. The number of para-hydroxylation sites is 1. The molecule has 3 aromatic rings. The molecule has 2 heterocycles. The zero-order valence-electron chi connectivity index (χ0n) is 14.1. The van der Waals surface area contributed by atoms with Gasteiger partial charge in [0.1, 0.15) is 24.7 Å². The predicted octanol–water partition coefficient (Wildman–Crippen LogP) is 2.53. The molecular formula is C16H19ClN6OS. The van der Waals surface area contributed by atoms with Gasteiger partial charge in [0.15, 0.2) is 5.13 Å². The highest BCUT2D eigenvalue weighted by Crippen LogP contribution is 2.33. The van der Waals surface area contributed by atoms with Crippen molar-refractivity contribution in [2.75, 3.05) is 32.1 Å². The third-order valence-corrected chi connectivity index (χ3v) is 4.99. The second-order valence-corrected chi connectivity index (χ2v) is 7.29. The van der Waals surface area contributed by atoms with E-state index in [0.29, 0.717) is 16.7 Å². The van der Waals surface area contributed by atoms with Crippen LogP contribution >= 0.6 is 22.9 Å². The Balaban J connectivity index is 1.85. The largest absolute Gasteiger partial charge is 0.309 e. The van der Waals surface area contributed by atoms with E-state index in [1.165, 1.54) is 28.7 Å². The van der Waals surface area contributed by atoms with Crippen molar-refractivity contribution in [1.82, 2.24) is 24.6 Å². The van der Waals surface area contributed by atoms with Gasteiger partial charge in [-0.3, -0.25) is 9.69 Å². The topological polar surface area (TPSA) is 67.2 Å². The van der Waals surface area contributed by atoms with Crippen molar-refractivity contribution in [2.45, 2.75) is 13.0 Å². The van der Waals surface area contributed by atoms with Crippen molar-refractivity contribution >= 4 is 44.2 Å². The predicted molar refractivity (Wildman–Crippen MR) is 100 cm³/mol. The molecule has 9 heteroatoms. The molecule has 132 valence electrons. The van der Waals surface area contributed by atoms with E-state index in [-0.39, 0.29) is 12.5 Å². The third kappa shape index (κ3) is 4.33. The number of rotatable bonds is 7. The van der Waals surface area contributed by atoms with Crippen LogP contribution in [0.2, 0.25) is 5.02 Å². The van der Waals surface area contributed by atoms with Gasteiger partial charge in [0.05, 0.1) is 9.72 Å². The van der Waals surface area contributed by atoms with Gasteiger partial charge in [-0.25, -0.2) is 14.6 Å². The first-order chi connectivity index (χ1) is 12.0. The molecule has 0 fully saturated rings. The zero-order valence-corrected chi connectivity index (χ0v) is 15.7. The standard InChI is InChI=1S/C16H19ClN6OS/c1-21(2)7-4-8-23(14(24)9-22-11-18-10-19-22)16-20-15-12(17)5-3-6-13(15)25-16/h3,5-6,10-11H,4,7-9H2,1-2H3. The lowest BCUT2D eigenvalue weighted by molar-refractivity contribution is -0.119. The average molecular weight is 379 g/mol. The highest BCUT2D eigenvalue weighted by Gasteiger charge is 2.21. The molecule has 0 atom stereocenters. The van der Waals surface area contributed by atoms with Crippen LogP contribution in [0.25, 0.3) is 10.2 Å². The molecule has 0 N–H and O–H groups in total. The molecular weight excluding hydrogens is 360 g/mol. The summed E-state index contributed by atoms with van der Waals surface area (Å²) in [5, 5.41) is 5.26. The number of fused-ring (bicyclic) bond motifs is 1. The summed E-state index contributed by atoms with van der Waals surface area (Å²) in [5.41, 5.74) is 0.732. The Morgan fingerprint density at radius 1 is 1.32 bits per heavy atom. The summed E-state index contributed by atoms with van der Waals surface area (Å²) in [7, 11) is 4.03. The molecule has 7 nitrogen and oxygen atoms in total. The fraction of sp³-hybridized carbons (Fsp3) is 0.375. The van der Waals surface area contributed by atoms with Crippen LogP contribution in [0.4, 0.5) is 5.13 Å². The number of carbonyl (C=O) groups is 1. The molecule has 0 unspecified atom stereocenters. The lowest BCUT2D eigenvalue weighted by Gasteiger charge is -2.20. The smallest absolute Gasteiger partial charge is 0.250 e. The summed E-state index contributed by atoms with van der Waals surface area (Å²) < 4.78 is 2.48. The van der Waals surface area contributed by atoms with Crippen LogP contribution < -0.4 is 4.90 Å². The van der Waals surface area contributed by atoms with E-state index >= 15 is 0 Å². The minimum atomic E-state index is -0.0700. The minimum absolute atomic E-state index is 0.0700. The number of aromatic nitrogens is 4. The van der Waals surface area contributed by atoms with Gasteiger partial charge in [0.25, 0.3) is 5.91 Å². The number of benzene rings is 1. The zero-order chi connectivity index (χ0) is 17.8. The average Bonchev–Trinajstić information content (AvgIpc) is 3.21. The first-order valence-corrected chi connectivity index (χ1v) is 9.06. The SMILES string of the molecule is CN(C)CCCN(C(=O)Cn1cncn1)c1nc2c(Cl)cccc2s1. The number of hydrogen-bond donors (Lipinski definition) is 0. The molecule has 0 aliphatic carbocycles. The van der Waals surface area contributed by atoms with Crippen molar-refractivity contribution in [2.24, 2.45) is 0 Å². The van der Waals surface area contributed by atoms with E-state index in [9.17, 15) is 4.79 Å². The summed E-state index contributed by atoms with van der Waals surface area (Å²) in [4.78, 5) is 25.1. The van der Waals surface area contributed by atoms with Crippen molar-refractivity contribution in [3.8, 4) is 0 Å². The van der Waals surface area contributed by atoms with Gasteiger partial charge in [-0.05, 0) is 39.2 Å². The van der Waals surface area contributed by atoms with Gasteiger partial charge in [-0.15, -0.1) is 0 Å². The fourth-order valence-corrected chi connectivity index (χ4v) is 3.74. The molecule has 1 amide bonds. The number of nitrogens with zero attached hydrogens (tertiary/aromatic N) is 6. The van der Waals surface area contributed by atoms with E-state index in [1.807, 2.05) is 26.2 Å². The van der Waals surface area contributed by atoms with E-state index in [1.54, 1.807) is 11.0 Å². The molecule has 0 aliphatic heterocycles. The highest BCUT2D eigenvalue weighted by molar-refractivity contribution is 7.22. The third-order valence-electron chi connectivity index (χ3n) is 3.64. The number of carbonyl (C=O) groups excluding carboxylic acids is 1. The van der Waals surface area contributed by atoms with Crippen LogP contribution in [0.3, 0.4) is 0 Å². The lowest BCUT2D eigenvalue weighted by atomic mass is 10.3. The van der Waals surface area contributed by atoms with E-state index in [4.69, 9.17) is 11.6 Å². The minimum Gasteiger partial charge on any atom is -0.309 e. The van der Waals surface area contributed by atoms with Crippen molar-refractivity contribution < 1.29 is 4.79 Å². The van der Waals surface area contributed by atoms with Crippen LogP contribution in [0.5, 0.6) is 0 Å². The molecule has 0 radical (unpaired) electrons. The Bertz CT molecular complexity index is 848. The van der Waals surface area contributed by atoms with Crippen LogP contribution in [0.15, 0.2) is 30.9 Å². The first-order valence-electron chi connectivity index (χ1n) is 7.87. The number of amides is 1. The molecule has 0 spiro atoms. The summed E-state index contributed by atoms with van der Waals surface area (Å²) >= 11 is 7.70. The van der Waals surface area contributed by atoms with Crippen LogP contribution in [0.1, 0.15) is 6.42 Å². The number of thiazole rings is 1. The Morgan fingerprint density at radius 2 is 2.16 bits per heavy atom. The highest BCUT2D eigenvalue weighted by atomic mass is 35.5. The van der Waals surface area contributed by atoms with Gasteiger partial charge in [-0.1, -0.05) is 29.0 Å². The Kier molecular flexibility index (Phi) is 5.62. The molecule has 1 aromatic carbocycles. The Labute approximate surface area is 154 Å². The van der Waals surface area contributed by atoms with Crippen LogP contribution in [-0.4, -0.2) is 57.7 Å². The van der Waals surface area contributed by atoms with E-state index < -0.39 is 0 Å². The van der Waals surface area contributed by atoms with Gasteiger partial charge in [-0.2, -0.15) is 5.10 Å². The van der Waals surface area contributed by atoms with E-state index in [0.717, 1.165) is 23.2 Å². The number of anilines is 1. The second kappa shape index (κ2) is 7.90. The van der Waals surface area contributed by atoms with Gasteiger partial charge < -0.3 is 4.90 Å². The van der Waals surface area contributed by atoms with Crippen molar-refractivity contribution in [1.29, 1.82) is 0 Å². The second-order valence-electron chi connectivity index (χ2n) is 5.88. The van der Waals surface area contributed by atoms with Gasteiger partial charge in [0.2, 0.25) is 0 Å². The molecule has 0 saturated heterocycles. The molecule has 3 rings (SSSR count). The van der Waals surface area contributed by atoms with Gasteiger partial charge in [0, 0.05) is 6.54 Å². The molecule has 25 heavy (non-hydrogen) atoms. The molecule has 0 bridgehead atoms. The normalized spacial score (nSPS) is 11.4. The lowest BCUT2D eigenvalue weighted by Crippen LogP contribution is -2.36. The maximum Gasteiger partial charge on any atom is 0.250 e. The first kappa shape index (κ1) is 17.8. The maximum atomic E-state index is 12.8. The maximum absolute atomic E-state index is 12.8. The van der Waals surface area contributed by atoms with Gasteiger partial charge >= 0.3 is 0 Å². The molecule has 0 aliphatic rings.